The van der Waals surface area contributed by atoms with Gasteiger partial charge >= 0.3 is 0 Å². The molecule has 178 valence electrons. The molecule has 1 N–H and O–H groups in total. The molecule has 3 aromatic rings. The molecule has 0 saturated heterocycles. The average Bonchev–Trinajstić information content (AvgIpc) is 2.85. The Morgan fingerprint density at radius 3 is 2.32 bits per heavy atom. The first kappa shape index (κ1) is 25.9. The second-order valence-electron chi connectivity index (χ2n) is 8.21. The molecule has 0 saturated carbocycles. The molecule has 3 rings (SSSR count). The largest absolute Gasteiger partial charge is 0.354 e. The van der Waals surface area contributed by atoms with Gasteiger partial charge in [-0.1, -0.05) is 84.8 Å². The van der Waals surface area contributed by atoms with Gasteiger partial charge in [0.15, 0.2) is 0 Å². The van der Waals surface area contributed by atoms with Crippen LogP contribution >= 0.6 is 23.4 Å². The Hall–Kier alpha value is -2.76. The number of rotatable bonds is 11. The van der Waals surface area contributed by atoms with Crippen LogP contribution in [0, 0.1) is 6.92 Å². The maximum atomic E-state index is 13.6. The predicted molar refractivity (Wildman–Crippen MR) is 141 cm³/mol. The molecule has 0 aliphatic heterocycles. The lowest BCUT2D eigenvalue weighted by molar-refractivity contribution is -0.139. The van der Waals surface area contributed by atoms with Gasteiger partial charge in [-0.05, 0) is 42.7 Å². The fraction of sp³-hybridized carbons (Fsp3) is 0.286. The highest BCUT2D eigenvalue weighted by Gasteiger charge is 2.30. The van der Waals surface area contributed by atoms with E-state index in [2.05, 4.69) is 5.32 Å². The lowest BCUT2D eigenvalue weighted by atomic mass is 10.0. The van der Waals surface area contributed by atoms with Crippen LogP contribution in [0.25, 0.3) is 0 Å². The normalized spacial score (nSPS) is 11.6. The van der Waals surface area contributed by atoms with Gasteiger partial charge in [0.2, 0.25) is 11.8 Å². The van der Waals surface area contributed by atoms with Gasteiger partial charge in [0.25, 0.3) is 0 Å². The number of aryl methyl sites for hydroxylation is 1. The molecule has 0 heterocycles. The molecular formula is C28H31ClN2O2S. The fourth-order valence-corrected chi connectivity index (χ4v) is 4.57. The SMILES string of the molecule is CCCNC(=O)C(Cc1ccccc1)N(Cc1ccccc1Cl)C(=O)CSc1ccc(C)cc1. The zero-order chi connectivity index (χ0) is 24.3. The van der Waals surface area contributed by atoms with E-state index in [1.807, 2.05) is 92.7 Å². The first-order chi connectivity index (χ1) is 16.5. The van der Waals surface area contributed by atoms with E-state index in [1.54, 1.807) is 4.90 Å². The van der Waals surface area contributed by atoms with E-state index in [4.69, 9.17) is 11.6 Å². The Morgan fingerprint density at radius 2 is 1.65 bits per heavy atom. The van der Waals surface area contributed by atoms with Gasteiger partial charge < -0.3 is 10.2 Å². The van der Waals surface area contributed by atoms with Crippen molar-refractivity contribution < 1.29 is 9.59 Å². The van der Waals surface area contributed by atoms with Crippen LogP contribution in [-0.4, -0.2) is 35.1 Å². The zero-order valence-corrected chi connectivity index (χ0v) is 21.2. The molecule has 0 aliphatic rings. The van der Waals surface area contributed by atoms with Gasteiger partial charge in [-0.2, -0.15) is 0 Å². The third-order valence-electron chi connectivity index (χ3n) is 5.50. The summed E-state index contributed by atoms with van der Waals surface area (Å²) in [6, 6.07) is 24.7. The lowest BCUT2D eigenvalue weighted by Crippen LogP contribution is -2.51. The highest BCUT2D eigenvalue weighted by Crippen LogP contribution is 2.23. The maximum absolute atomic E-state index is 13.6. The van der Waals surface area contributed by atoms with Crippen molar-refractivity contribution in [1.82, 2.24) is 10.2 Å². The van der Waals surface area contributed by atoms with Gasteiger partial charge in [-0.15, -0.1) is 11.8 Å². The van der Waals surface area contributed by atoms with Crippen LogP contribution < -0.4 is 5.32 Å². The standard InChI is InChI=1S/C28H31ClN2O2S/c1-3-17-30-28(33)26(18-22-9-5-4-6-10-22)31(19-23-11-7-8-12-25(23)29)27(32)20-34-24-15-13-21(2)14-16-24/h4-16,26H,3,17-20H2,1-2H3,(H,30,33). The van der Waals surface area contributed by atoms with Crippen molar-refractivity contribution in [1.29, 1.82) is 0 Å². The van der Waals surface area contributed by atoms with Gasteiger partial charge in [0.1, 0.15) is 6.04 Å². The Bertz CT molecular complexity index is 1070. The Balaban J connectivity index is 1.89. The van der Waals surface area contributed by atoms with E-state index in [0.717, 1.165) is 22.4 Å². The molecule has 0 aromatic heterocycles. The average molecular weight is 495 g/mol. The number of halogens is 1. The number of carbonyl (C=O) groups excluding carboxylic acids is 2. The van der Waals surface area contributed by atoms with E-state index in [0.29, 0.717) is 18.0 Å². The number of nitrogens with zero attached hydrogens (tertiary/aromatic N) is 1. The van der Waals surface area contributed by atoms with Crippen molar-refractivity contribution >= 4 is 35.2 Å². The molecule has 1 unspecified atom stereocenters. The molecule has 34 heavy (non-hydrogen) atoms. The summed E-state index contributed by atoms with van der Waals surface area (Å²) in [4.78, 5) is 29.6. The van der Waals surface area contributed by atoms with Crippen molar-refractivity contribution in [3.8, 4) is 0 Å². The number of hydrogen-bond donors (Lipinski definition) is 1. The number of amides is 2. The van der Waals surface area contributed by atoms with Crippen LogP contribution in [0.4, 0.5) is 0 Å². The molecule has 0 radical (unpaired) electrons. The van der Waals surface area contributed by atoms with Crippen LogP contribution in [0.1, 0.15) is 30.0 Å². The monoisotopic (exact) mass is 494 g/mol. The molecule has 4 nitrogen and oxygen atoms in total. The summed E-state index contributed by atoms with van der Waals surface area (Å²) >= 11 is 7.92. The molecule has 6 heteroatoms. The summed E-state index contributed by atoms with van der Waals surface area (Å²) in [7, 11) is 0. The second kappa shape index (κ2) is 13.2. The van der Waals surface area contributed by atoms with Crippen LogP contribution in [0.3, 0.4) is 0 Å². The smallest absolute Gasteiger partial charge is 0.243 e. The first-order valence-electron chi connectivity index (χ1n) is 11.5. The summed E-state index contributed by atoms with van der Waals surface area (Å²) in [6.07, 6.45) is 1.26. The van der Waals surface area contributed by atoms with Gasteiger partial charge in [0.05, 0.1) is 5.75 Å². The van der Waals surface area contributed by atoms with Crippen molar-refractivity contribution in [2.24, 2.45) is 0 Å². The van der Waals surface area contributed by atoms with Crippen molar-refractivity contribution in [2.45, 2.75) is 44.2 Å². The summed E-state index contributed by atoms with van der Waals surface area (Å²) in [6.45, 7) is 4.88. The molecule has 0 bridgehead atoms. The summed E-state index contributed by atoms with van der Waals surface area (Å²) in [5.74, 6) is -0.00984. The summed E-state index contributed by atoms with van der Waals surface area (Å²) < 4.78 is 0. The third kappa shape index (κ3) is 7.64. The van der Waals surface area contributed by atoms with Crippen LogP contribution in [0.15, 0.2) is 83.8 Å². The number of thioether (sulfide) groups is 1. The highest BCUT2D eigenvalue weighted by atomic mass is 35.5. The van der Waals surface area contributed by atoms with Gasteiger partial charge in [-0.3, -0.25) is 9.59 Å². The van der Waals surface area contributed by atoms with Crippen molar-refractivity contribution in [3.05, 3.63) is 101 Å². The minimum Gasteiger partial charge on any atom is -0.354 e. The summed E-state index contributed by atoms with van der Waals surface area (Å²) in [5, 5.41) is 3.58. The predicted octanol–water partition coefficient (Wildman–Crippen LogP) is 5.91. The minimum atomic E-state index is -0.642. The van der Waals surface area contributed by atoms with Crippen molar-refractivity contribution in [2.75, 3.05) is 12.3 Å². The van der Waals surface area contributed by atoms with Gasteiger partial charge in [0, 0.05) is 29.4 Å². The minimum absolute atomic E-state index is 0.0990. The van der Waals surface area contributed by atoms with Crippen LogP contribution in [0.5, 0.6) is 0 Å². The lowest BCUT2D eigenvalue weighted by Gasteiger charge is -2.31. The Kier molecular flexibility index (Phi) is 10.0. The number of nitrogens with one attached hydrogen (secondary N) is 1. The first-order valence-corrected chi connectivity index (χ1v) is 12.9. The Morgan fingerprint density at radius 1 is 0.971 bits per heavy atom. The molecule has 0 spiro atoms. The van der Waals surface area contributed by atoms with Crippen LogP contribution in [-0.2, 0) is 22.6 Å². The van der Waals surface area contributed by atoms with E-state index < -0.39 is 6.04 Å². The highest BCUT2D eigenvalue weighted by molar-refractivity contribution is 8.00. The molecule has 1 atom stereocenters. The number of hydrogen-bond acceptors (Lipinski definition) is 3. The van der Waals surface area contributed by atoms with Crippen molar-refractivity contribution in [3.63, 3.8) is 0 Å². The Labute approximate surface area is 211 Å². The van der Waals surface area contributed by atoms with E-state index in [-0.39, 0.29) is 24.1 Å². The second-order valence-corrected chi connectivity index (χ2v) is 9.67. The number of carbonyl (C=O) groups is 2. The van der Waals surface area contributed by atoms with Gasteiger partial charge in [-0.25, -0.2) is 0 Å². The third-order valence-corrected chi connectivity index (χ3v) is 6.87. The molecule has 0 aliphatic carbocycles. The van der Waals surface area contributed by atoms with E-state index in [1.165, 1.54) is 17.3 Å². The summed E-state index contributed by atoms with van der Waals surface area (Å²) in [5.41, 5.74) is 2.99. The molecule has 2 amide bonds. The van der Waals surface area contributed by atoms with E-state index in [9.17, 15) is 9.59 Å². The quantitative estimate of drug-likeness (QED) is 0.337. The zero-order valence-electron chi connectivity index (χ0n) is 19.7. The van der Waals surface area contributed by atoms with E-state index >= 15 is 0 Å². The molecule has 0 fully saturated rings. The molecular weight excluding hydrogens is 464 g/mol. The van der Waals surface area contributed by atoms with Crippen LogP contribution in [0.2, 0.25) is 5.02 Å². The number of benzene rings is 3. The topological polar surface area (TPSA) is 49.4 Å². The molecule has 3 aromatic carbocycles. The fourth-order valence-electron chi connectivity index (χ4n) is 3.59. The maximum Gasteiger partial charge on any atom is 0.243 e.